The Morgan fingerprint density at radius 1 is 0.963 bits per heavy atom. The molecule has 1 N–H and O–H groups in total. The van der Waals surface area contributed by atoms with Crippen LogP contribution in [0.15, 0.2) is 48.5 Å². The first-order chi connectivity index (χ1) is 13.0. The average molecular weight is 370 g/mol. The molecule has 2 aromatic rings. The Balaban J connectivity index is 1.44. The van der Waals surface area contributed by atoms with E-state index in [1.165, 1.54) is 36.4 Å². The number of carbonyl (C=O) groups excluding carboxylic acids is 4. The maximum atomic E-state index is 12.8. The van der Waals surface area contributed by atoms with Crippen molar-refractivity contribution in [3.05, 3.63) is 71.0 Å². The minimum Gasteiger partial charge on any atom is -0.352 e. The maximum absolute atomic E-state index is 12.8. The second-order valence-electron chi connectivity index (χ2n) is 5.78. The van der Waals surface area contributed by atoms with Crippen LogP contribution in [0.1, 0.15) is 43.9 Å². The van der Waals surface area contributed by atoms with Crippen LogP contribution in [-0.4, -0.2) is 35.3 Å². The van der Waals surface area contributed by atoms with Gasteiger partial charge in [-0.3, -0.25) is 14.4 Å². The summed E-state index contributed by atoms with van der Waals surface area (Å²) in [5.41, 5.74) is 0.661. The van der Waals surface area contributed by atoms with Gasteiger partial charge in [-0.25, -0.2) is 9.18 Å². The Kier molecular flexibility index (Phi) is 5.25. The quantitative estimate of drug-likeness (QED) is 0.621. The predicted molar refractivity (Wildman–Crippen MR) is 91.0 cm³/mol. The van der Waals surface area contributed by atoms with Gasteiger partial charge in [0.05, 0.1) is 11.1 Å². The van der Waals surface area contributed by atoms with Crippen LogP contribution in [-0.2, 0) is 9.63 Å². The summed E-state index contributed by atoms with van der Waals surface area (Å²) < 4.78 is 12.8. The number of fused-ring (bicyclic) bond motifs is 1. The molecule has 0 bridgehead atoms. The number of nitrogens with one attached hydrogen (secondary N) is 1. The lowest BCUT2D eigenvalue weighted by molar-refractivity contribution is -0.168. The molecule has 0 fully saturated rings. The van der Waals surface area contributed by atoms with Crippen LogP contribution in [0.2, 0.25) is 0 Å². The third-order valence-electron chi connectivity index (χ3n) is 3.90. The molecule has 0 atom stereocenters. The van der Waals surface area contributed by atoms with E-state index in [-0.39, 0.29) is 30.5 Å². The molecule has 138 valence electrons. The smallest absolute Gasteiger partial charge is 0.333 e. The minimum atomic E-state index is -0.763. The number of imide groups is 1. The number of nitrogens with zero attached hydrogens (tertiary/aromatic N) is 1. The summed E-state index contributed by atoms with van der Waals surface area (Å²) in [4.78, 5) is 52.8. The summed E-state index contributed by atoms with van der Waals surface area (Å²) in [5.74, 6) is -2.98. The van der Waals surface area contributed by atoms with Gasteiger partial charge in [0.25, 0.3) is 17.7 Å². The van der Waals surface area contributed by atoms with Crippen LogP contribution in [0.25, 0.3) is 0 Å². The molecule has 3 amide bonds. The lowest BCUT2D eigenvalue weighted by Gasteiger charge is -2.12. The van der Waals surface area contributed by atoms with E-state index >= 15 is 0 Å². The minimum absolute atomic E-state index is 0.100. The van der Waals surface area contributed by atoms with Crippen LogP contribution >= 0.6 is 0 Å². The van der Waals surface area contributed by atoms with Gasteiger partial charge in [0, 0.05) is 18.5 Å². The van der Waals surface area contributed by atoms with Crippen molar-refractivity contribution < 1.29 is 28.4 Å². The monoisotopic (exact) mass is 370 g/mol. The molecule has 0 aliphatic carbocycles. The highest BCUT2D eigenvalue weighted by Gasteiger charge is 2.38. The predicted octanol–water partition coefficient (Wildman–Crippen LogP) is 2.09. The fraction of sp³-hybridized carbons (Fsp3) is 0.158. The van der Waals surface area contributed by atoms with Gasteiger partial charge in [0.1, 0.15) is 5.82 Å². The third kappa shape index (κ3) is 4.00. The number of amides is 3. The number of carbonyl (C=O) groups is 4. The molecule has 1 aliphatic rings. The normalized spacial score (nSPS) is 12.7. The average Bonchev–Trinajstić information content (AvgIpc) is 2.91. The van der Waals surface area contributed by atoms with Gasteiger partial charge in [-0.05, 0) is 42.8 Å². The zero-order chi connectivity index (χ0) is 19.4. The van der Waals surface area contributed by atoms with Gasteiger partial charge in [0.2, 0.25) is 0 Å². The number of hydrogen-bond donors (Lipinski definition) is 1. The molecule has 0 spiro atoms. The highest BCUT2D eigenvalue weighted by Crippen LogP contribution is 2.22. The zero-order valence-electron chi connectivity index (χ0n) is 14.1. The van der Waals surface area contributed by atoms with E-state index in [1.54, 1.807) is 12.1 Å². The maximum Gasteiger partial charge on any atom is 0.333 e. The van der Waals surface area contributed by atoms with Crippen molar-refractivity contribution in [3.8, 4) is 0 Å². The summed E-state index contributed by atoms with van der Waals surface area (Å²) in [5, 5.41) is 3.03. The SMILES string of the molecule is O=C(CCCNC(=O)c1ccc(F)cc1)ON1C(=O)c2ccccc2C1=O. The summed E-state index contributed by atoms with van der Waals surface area (Å²) in [6.45, 7) is 0.174. The second kappa shape index (κ2) is 7.77. The van der Waals surface area contributed by atoms with Crippen molar-refractivity contribution >= 4 is 23.7 Å². The summed E-state index contributed by atoms with van der Waals surface area (Å²) in [6.07, 6.45) is 0.145. The molecule has 2 aromatic carbocycles. The molecular weight excluding hydrogens is 355 g/mol. The summed E-state index contributed by atoms with van der Waals surface area (Å²) in [6, 6.07) is 11.2. The van der Waals surface area contributed by atoms with E-state index in [0.29, 0.717) is 10.6 Å². The molecule has 0 unspecified atom stereocenters. The van der Waals surface area contributed by atoms with Crippen molar-refractivity contribution in [2.24, 2.45) is 0 Å². The van der Waals surface area contributed by atoms with Gasteiger partial charge < -0.3 is 10.2 Å². The molecule has 0 saturated carbocycles. The second-order valence-corrected chi connectivity index (χ2v) is 5.78. The van der Waals surface area contributed by atoms with Gasteiger partial charge in [-0.2, -0.15) is 0 Å². The van der Waals surface area contributed by atoms with Crippen molar-refractivity contribution in [2.75, 3.05) is 6.54 Å². The number of hydroxylamine groups is 2. The van der Waals surface area contributed by atoms with E-state index in [2.05, 4.69) is 5.32 Å². The molecule has 3 rings (SSSR count). The van der Waals surface area contributed by atoms with Crippen LogP contribution < -0.4 is 5.32 Å². The Hall–Kier alpha value is -3.55. The first kappa shape index (κ1) is 18.2. The van der Waals surface area contributed by atoms with Crippen LogP contribution in [0.3, 0.4) is 0 Å². The Labute approximate surface area is 153 Å². The molecule has 1 aliphatic heterocycles. The summed E-state index contributed by atoms with van der Waals surface area (Å²) >= 11 is 0. The van der Waals surface area contributed by atoms with Crippen LogP contribution in [0.5, 0.6) is 0 Å². The van der Waals surface area contributed by atoms with E-state index in [1.807, 2.05) is 0 Å². The Morgan fingerprint density at radius 3 is 2.15 bits per heavy atom. The number of rotatable bonds is 6. The fourth-order valence-corrected chi connectivity index (χ4v) is 2.54. The van der Waals surface area contributed by atoms with Gasteiger partial charge in [-0.1, -0.05) is 17.2 Å². The van der Waals surface area contributed by atoms with Gasteiger partial charge in [-0.15, -0.1) is 0 Å². The number of hydrogen-bond acceptors (Lipinski definition) is 5. The van der Waals surface area contributed by atoms with Crippen molar-refractivity contribution in [1.29, 1.82) is 0 Å². The number of halogens is 1. The first-order valence-corrected chi connectivity index (χ1v) is 8.20. The topological polar surface area (TPSA) is 92.8 Å². The first-order valence-electron chi connectivity index (χ1n) is 8.20. The third-order valence-corrected chi connectivity index (χ3v) is 3.90. The standard InChI is InChI=1S/C19H15FN2O5/c20-13-9-7-12(8-10-13)17(24)21-11-3-6-16(23)27-22-18(25)14-4-1-2-5-15(14)19(22)26/h1-2,4-5,7-10H,3,6,11H2,(H,21,24). The Morgan fingerprint density at radius 2 is 1.56 bits per heavy atom. The number of benzene rings is 2. The lowest BCUT2D eigenvalue weighted by atomic mass is 10.1. The van der Waals surface area contributed by atoms with E-state index < -0.39 is 29.5 Å². The van der Waals surface area contributed by atoms with Crippen LogP contribution in [0, 0.1) is 5.82 Å². The van der Waals surface area contributed by atoms with E-state index in [9.17, 15) is 23.6 Å². The van der Waals surface area contributed by atoms with Crippen LogP contribution in [0.4, 0.5) is 4.39 Å². The van der Waals surface area contributed by atoms with Gasteiger partial charge in [0.15, 0.2) is 0 Å². The highest BCUT2D eigenvalue weighted by molar-refractivity contribution is 6.20. The van der Waals surface area contributed by atoms with E-state index in [4.69, 9.17) is 4.84 Å². The highest BCUT2D eigenvalue weighted by atomic mass is 19.1. The molecule has 7 nitrogen and oxygen atoms in total. The molecule has 0 aromatic heterocycles. The molecule has 27 heavy (non-hydrogen) atoms. The van der Waals surface area contributed by atoms with Crippen molar-refractivity contribution in [3.63, 3.8) is 0 Å². The lowest BCUT2D eigenvalue weighted by Crippen LogP contribution is -2.33. The molecule has 0 saturated heterocycles. The zero-order valence-corrected chi connectivity index (χ0v) is 14.1. The largest absolute Gasteiger partial charge is 0.352 e. The van der Waals surface area contributed by atoms with Crippen molar-refractivity contribution in [2.45, 2.75) is 12.8 Å². The molecule has 1 heterocycles. The van der Waals surface area contributed by atoms with Crippen molar-refractivity contribution in [1.82, 2.24) is 10.4 Å². The van der Waals surface area contributed by atoms with Gasteiger partial charge >= 0.3 is 5.97 Å². The van der Waals surface area contributed by atoms with E-state index in [0.717, 1.165) is 0 Å². The summed E-state index contributed by atoms with van der Waals surface area (Å²) in [7, 11) is 0. The fourth-order valence-electron chi connectivity index (χ4n) is 2.54. The Bertz CT molecular complexity index is 876. The molecule has 8 heteroatoms. The molecular formula is C19H15FN2O5. The molecule has 0 radical (unpaired) electrons.